The van der Waals surface area contributed by atoms with Crippen molar-refractivity contribution in [3.8, 4) is 28.1 Å². The van der Waals surface area contributed by atoms with E-state index < -0.39 is 21.8 Å². The van der Waals surface area contributed by atoms with Gasteiger partial charge in [-0.1, -0.05) is 42.0 Å². The third-order valence-electron chi connectivity index (χ3n) is 7.42. The summed E-state index contributed by atoms with van der Waals surface area (Å²) in [6, 6.07) is 22.0. The highest BCUT2D eigenvalue weighted by molar-refractivity contribution is 7.86. The molecule has 0 spiro atoms. The van der Waals surface area contributed by atoms with E-state index in [1.807, 2.05) is 72.2 Å². The zero-order valence-corrected chi connectivity index (χ0v) is 29.7. The minimum Gasteiger partial charge on any atom is -0.495 e. The summed E-state index contributed by atoms with van der Waals surface area (Å²) in [4.78, 5) is 24.0. The van der Waals surface area contributed by atoms with Crippen molar-refractivity contribution in [2.24, 2.45) is 0 Å². The van der Waals surface area contributed by atoms with Gasteiger partial charge in [-0.3, -0.25) is 9.08 Å². The van der Waals surface area contributed by atoms with Gasteiger partial charge in [-0.05, 0) is 75.2 Å². The molecule has 50 heavy (non-hydrogen) atoms. The number of anilines is 1. The second-order valence-corrected chi connectivity index (χ2v) is 14.0. The molecule has 3 heterocycles. The number of pyridine rings is 2. The Bertz CT molecular complexity index is 1990. The molecule has 0 fully saturated rings. The van der Waals surface area contributed by atoms with Crippen molar-refractivity contribution in [1.29, 1.82) is 0 Å². The van der Waals surface area contributed by atoms with Crippen LogP contribution in [0.1, 0.15) is 26.3 Å². The van der Waals surface area contributed by atoms with Crippen molar-refractivity contribution >= 4 is 27.7 Å². The van der Waals surface area contributed by atoms with Crippen LogP contribution in [0, 0.1) is 6.92 Å². The molecule has 0 aliphatic rings. The molecule has 0 bridgehead atoms. The van der Waals surface area contributed by atoms with Crippen LogP contribution < -0.4 is 9.64 Å². The maximum Gasteiger partial charge on any atom is 0.416 e. The highest BCUT2D eigenvalue weighted by Crippen LogP contribution is 2.28. The second kappa shape index (κ2) is 16.3. The molecule has 0 N–H and O–H groups in total. The first-order chi connectivity index (χ1) is 23.9. The van der Waals surface area contributed by atoms with Gasteiger partial charge < -0.3 is 23.3 Å². The smallest absolute Gasteiger partial charge is 0.416 e. The zero-order valence-electron chi connectivity index (χ0n) is 28.9. The Balaban J connectivity index is 1.16. The summed E-state index contributed by atoms with van der Waals surface area (Å²) in [7, 11) is -2.22. The predicted octanol–water partition coefficient (Wildman–Crippen LogP) is 6.56. The van der Waals surface area contributed by atoms with E-state index in [0.717, 1.165) is 39.3 Å². The van der Waals surface area contributed by atoms with Gasteiger partial charge in [0.05, 0.1) is 63.5 Å². The molecule has 0 radical (unpaired) electrons. The zero-order chi connectivity index (χ0) is 35.7. The Morgan fingerprint density at radius 3 is 2.20 bits per heavy atom. The average Bonchev–Trinajstić information content (AvgIpc) is 3.52. The van der Waals surface area contributed by atoms with Crippen LogP contribution in [-0.2, 0) is 28.5 Å². The standard InChI is InChI=1S/C37H42N4O8S/c1-27-6-13-32(14-7-27)50(43,44)48-23-22-47-21-20-46-19-18-41(36(42)49-37(2,3)4)35-24-30(16-17-38-35)28-8-10-29(11-9-28)33-26-40-25-31(45-5)12-15-34(40)39-33/h6-17,24-26H,18-23H2,1-5H3. The number of aryl methyl sites for hydroxylation is 1. The van der Waals surface area contributed by atoms with Gasteiger partial charge in [0.25, 0.3) is 10.1 Å². The van der Waals surface area contributed by atoms with E-state index in [9.17, 15) is 13.2 Å². The first kappa shape index (κ1) is 36.5. The third-order valence-corrected chi connectivity index (χ3v) is 8.74. The van der Waals surface area contributed by atoms with Gasteiger partial charge in [0.15, 0.2) is 0 Å². The Labute approximate surface area is 292 Å². The van der Waals surface area contributed by atoms with Gasteiger partial charge >= 0.3 is 6.09 Å². The van der Waals surface area contributed by atoms with Crippen LogP contribution in [0.25, 0.3) is 28.0 Å². The number of fused-ring (bicyclic) bond motifs is 1. The van der Waals surface area contributed by atoms with Crippen molar-refractivity contribution < 1.29 is 36.3 Å². The fourth-order valence-corrected chi connectivity index (χ4v) is 5.77. The van der Waals surface area contributed by atoms with E-state index in [-0.39, 0.29) is 44.5 Å². The van der Waals surface area contributed by atoms with Crippen LogP contribution in [0.3, 0.4) is 0 Å². The molecule has 1 amide bonds. The van der Waals surface area contributed by atoms with E-state index in [0.29, 0.717) is 5.82 Å². The van der Waals surface area contributed by atoms with E-state index in [1.165, 1.54) is 17.0 Å². The van der Waals surface area contributed by atoms with Gasteiger partial charge in [0.2, 0.25) is 0 Å². The number of amides is 1. The van der Waals surface area contributed by atoms with Crippen molar-refractivity contribution in [2.75, 3.05) is 51.6 Å². The summed E-state index contributed by atoms with van der Waals surface area (Å²) in [5.74, 6) is 1.17. The molecular weight excluding hydrogens is 660 g/mol. The van der Waals surface area contributed by atoms with Gasteiger partial charge in [-0.15, -0.1) is 0 Å². The molecule has 0 unspecified atom stereocenters. The maximum absolute atomic E-state index is 13.3. The number of rotatable bonds is 15. The average molecular weight is 703 g/mol. The van der Waals surface area contributed by atoms with Crippen LogP contribution in [0.5, 0.6) is 5.75 Å². The first-order valence-corrected chi connectivity index (χ1v) is 17.5. The van der Waals surface area contributed by atoms with Crippen LogP contribution >= 0.6 is 0 Å². The quantitative estimate of drug-likeness (QED) is 0.0873. The summed E-state index contributed by atoms with van der Waals surface area (Å²) in [5.41, 5.74) is 4.67. The lowest BCUT2D eigenvalue weighted by molar-refractivity contribution is 0.0363. The largest absolute Gasteiger partial charge is 0.495 e. The summed E-state index contributed by atoms with van der Waals surface area (Å²) >= 11 is 0. The monoisotopic (exact) mass is 702 g/mol. The number of aromatic nitrogens is 3. The highest BCUT2D eigenvalue weighted by Gasteiger charge is 2.24. The molecule has 0 aliphatic carbocycles. The molecule has 13 heteroatoms. The lowest BCUT2D eigenvalue weighted by Gasteiger charge is -2.27. The molecule has 5 aromatic rings. The lowest BCUT2D eigenvalue weighted by Crippen LogP contribution is -2.39. The molecule has 0 saturated heterocycles. The molecule has 0 saturated carbocycles. The number of carbonyl (C=O) groups excluding carboxylic acids is 1. The van der Waals surface area contributed by atoms with E-state index in [4.69, 9.17) is 28.1 Å². The van der Waals surface area contributed by atoms with Crippen LogP contribution in [-0.4, -0.2) is 81.2 Å². The number of imidazole rings is 1. The van der Waals surface area contributed by atoms with E-state index in [1.54, 1.807) is 46.2 Å². The Morgan fingerprint density at radius 2 is 1.50 bits per heavy atom. The Kier molecular flexibility index (Phi) is 11.9. The Morgan fingerprint density at radius 1 is 0.820 bits per heavy atom. The van der Waals surface area contributed by atoms with Crippen molar-refractivity contribution in [2.45, 2.75) is 38.2 Å². The molecule has 2 aromatic carbocycles. The molecule has 12 nitrogen and oxygen atoms in total. The van der Waals surface area contributed by atoms with Gasteiger partial charge in [0, 0.05) is 18.0 Å². The molecule has 264 valence electrons. The van der Waals surface area contributed by atoms with Crippen molar-refractivity contribution in [3.63, 3.8) is 0 Å². The van der Waals surface area contributed by atoms with E-state index >= 15 is 0 Å². The SMILES string of the molecule is COc1ccc2nc(-c3ccc(-c4ccnc(N(CCOCCOCCOS(=O)(=O)c5ccc(C)cc5)C(=O)OC(C)(C)C)c4)cc3)cn2c1. The fraction of sp³-hybridized carbons (Fsp3) is 0.324. The molecule has 0 atom stereocenters. The summed E-state index contributed by atoms with van der Waals surface area (Å²) in [5, 5.41) is 0. The number of carbonyl (C=O) groups is 1. The van der Waals surface area contributed by atoms with Gasteiger partial charge in [0.1, 0.15) is 22.8 Å². The van der Waals surface area contributed by atoms with Gasteiger partial charge in [-0.25, -0.2) is 14.8 Å². The normalized spacial score (nSPS) is 11.9. The van der Waals surface area contributed by atoms with Crippen LogP contribution in [0.15, 0.2) is 96.3 Å². The highest BCUT2D eigenvalue weighted by atomic mass is 32.2. The molecule has 3 aromatic heterocycles. The maximum atomic E-state index is 13.3. The number of hydrogen-bond acceptors (Lipinski definition) is 10. The minimum absolute atomic E-state index is 0.0738. The molecule has 0 aliphatic heterocycles. The Hall–Kier alpha value is -4.82. The topological polar surface area (TPSA) is 131 Å². The summed E-state index contributed by atoms with van der Waals surface area (Å²) < 4.78 is 53.8. The number of methoxy groups -OCH3 is 1. The van der Waals surface area contributed by atoms with Crippen LogP contribution in [0.2, 0.25) is 0 Å². The number of nitrogens with zero attached hydrogens (tertiary/aromatic N) is 4. The number of hydrogen-bond donors (Lipinski definition) is 0. The lowest BCUT2D eigenvalue weighted by atomic mass is 10.0. The van der Waals surface area contributed by atoms with Gasteiger partial charge in [-0.2, -0.15) is 8.42 Å². The fourth-order valence-electron chi connectivity index (χ4n) is 4.88. The summed E-state index contributed by atoms with van der Waals surface area (Å²) in [6.07, 6.45) is 4.95. The van der Waals surface area contributed by atoms with Crippen LogP contribution in [0.4, 0.5) is 10.6 Å². The van der Waals surface area contributed by atoms with E-state index in [2.05, 4.69) is 4.98 Å². The first-order valence-electron chi connectivity index (χ1n) is 16.1. The molecule has 5 rings (SSSR count). The molecular formula is C37H42N4O8S. The second-order valence-electron chi connectivity index (χ2n) is 12.4. The van der Waals surface area contributed by atoms with Crippen molar-refractivity contribution in [1.82, 2.24) is 14.4 Å². The summed E-state index contributed by atoms with van der Waals surface area (Å²) in [6.45, 7) is 8.05. The van der Waals surface area contributed by atoms with Crippen molar-refractivity contribution in [3.05, 3.63) is 97.0 Å². The number of ether oxygens (including phenoxy) is 4. The minimum atomic E-state index is -3.85. The third kappa shape index (κ3) is 9.88. The number of benzene rings is 2. The predicted molar refractivity (Wildman–Crippen MR) is 190 cm³/mol.